The lowest BCUT2D eigenvalue weighted by molar-refractivity contribution is 0.122. The first-order valence-corrected chi connectivity index (χ1v) is 6.18. The predicted molar refractivity (Wildman–Crippen MR) is 74.9 cm³/mol. The van der Waals surface area contributed by atoms with Crippen LogP contribution in [0.4, 0.5) is 16.3 Å². The number of pyridine rings is 1. The van der Waals surface area contributed by atoms with Crippen molar-refractivity contribution in [2.24, 2.45) is 5.73 Å². The number of primary amides is 1. The molecule has 0 saturated carbocycles. The summed E-state index contributed by atoms with van der Waals surface area (Å²) < 4.78 is 11.5. The average Bonchev–Trinajstić information content (AvgIpc) is 2.46. The number of hydrogen-bond acceptors (Lipinski definition) is 6. The van der Waals surface area contributed by atoms with Gasteiger partial charge >= 0.3 is 6.03 Å². The number of urea groups is 1. The van der Waals surface area contributed by atoms with Gasteiger partial charge in [0.25, 0.3) is 0 Å². The molecule has 0 spiro atoms. The molecule has 0 atom stereocenters. The van der Waals surface area contributed by atoms with Crippen LogP contribution in [0.5, 0.6) is 5.75 Å². The predicted octanol–water partition coefficient (Wildman–Crippen LogP) is 0.657. The van der Waals surface area contributed by atoms with E-state index >= 15 is 0 Å². The monoisotopic (exact) mass is 284 g/mol. The fraction of sp³-hybridized carbons (Fsp3) is 0.455. The molecule has 0 unspecified atom stereocenters. The average molecular weight is 284 g/mol. The molecule has 8 heteroatoms. The van der Waals surface area contributed by atoms with Crippen molar-refractivity contribution in [2.45, 2.75) is 0 Å². The molecule has 1 saturated heterocycles. The molecular weight excluding hydrogens is 268 g/mol. The second-order valence-electron chi connectivity index (χ2n) is 3.96. The van der Waals surface area contributed by atoms with Gasteiger partial charge in [-0.1, -0.05) is 12.8 Å². The number of carbonyl (C=O) groups is 1. The first-order chi connectivity index (χ1) is 9.13. The van der Waals surface area contributed by atoms with Crippen LogP contribution in [-0.4, -0.2) is 44.4 Å². The van der Waals surface area contributed by atoms with E-state index in [1.165, 1.54) is 7.11 Å². The van der Waals surface area contributed by atoms with E-state index in [9.17, 15) is 4.79 Å². The summed E-state index contributed by atoms with van der Waals surface area (Å²) in [5.74, 6) is 1.17. The minimum absolute atomic E-state index is 0.436. The van der Waals surface area contributed by atoms with E-state index in [-0.39, 0.29) is 0 Å². The van der Waals surface area contributed by atoms with Crippen LogP contribution < -0.4 is 19.7 Å². The Morgan fingerprint density at radius 2 is 2.26 bits per heavy atom. The Labute approximate surface area is 116 Å². The Balaban J connectivity index is 2.31. The molecule has 0 bridgehead atoms. The third kappa shape index (κ3) is 3.02. The summed E-state index contributed by atoms with van der Waals surface area (Å²) in [5.41, 5.74) is 5.69. The number of hydrogen-bond donors (Lipinski definition) is 2. The molecule has 0 aliphatic carbocycles. The van der Waals surface area contributed by atoms with E-state index < -0.39 is 6.03 Å². The van der Waals surface area contributed by atoms with Gasteiger partial charge in [0.15, 0.2) is 5.75 Å². The van der Waals surface area contributed by atoms with Gasteiger partial charge in [-0.25, -0.2) is 14.1 Å². The quantitative estimate of drug-likeness (QED) is 0.797. The maximum Gasteiger partial charge on any atom is 0.329 e. The van der Waals surface area contributed by atoms with E-state index in [1.54, 1.807) is 12.3 Å². The van der Waals surface area contributed by atoms with Gasteiger partial charge in [0.2, 0.25) is 0 Å². The van der Waals surface area contributed by atoms with Crippen LogP contribution >= 0.6 is 12.8 Å². The number of rotatable bonds is 3. The summed E-state index contributed by atoms with van der Waals surface area (Å²) in [6, 6.07) is 1.04. The maximum atomic E-state index is 11.2. The molecule has 0 radical (unpaired) electrons. The Bertz CT molecular complexity index is 465. The lowest BCUT2D eigenvalue weighted by Gasteiger charge is -2.28. The van der Waals surface area contributed by atoms with Crippen LogP contribution in [0.3, 0.4) is 0 Å². The van der Waals surface area contributed by atoms with Crippen LogP contribution in [0.15, 0.2) is 12.3 Å². The van der Waals surface area contributed by atoms with Crippen LogP contribution in [0.1, 0.15) is 0 Å². The molecule has 2 amide bonds. The number of amides is 2. The van der Waals surface area contributed by atoms with Crippen LogP contribution in [0.25, 0.3) is 0 Å². The summed E-state index contributed by atoms with van der Waals surface area (Å²) in [6.07, 6.45) is 1.55. The number of anilines is 2. The molecular formula is C11H16N4O3S. The van der Waals surface area contributed by atoms with E-state index in [0.717, 1.165) is 23.2 Å². The highest BCUT2D eigenvalue weighted by Crippen LogP contribution is 2.32. The molecule has 1 aromatic rings. The van der Waals surface area contributed by atoms with Gasteiger partial charge in [0.05, 0.1) is 26.5 Å². The van der Waals surface area contributed by atoms with Crippen LogP contribution in [0.2, 0.25) is 0 Å². The first kappa shape index (κ1) is 13.8. The number of nitrogens with zero attached hydrogens (tertiary/aromatic N) is 3. The smallest absolute Gasteiger partial charge is 0.329 e. The van der Waals surface area contributed by atoms with Crippen molar-refractivity contribution in [3.05, 3.63) is 12.3 Å². The molecule has 2 heterocycles. The topological polar surface area (TPSA) is 80.9 Å². The second-order valence-corrected chi connectivity index (χ2v) is 4.36. The molecule has 1 fully saturated rings. The third-order valence-electron chi connectivity index (χ3n) is 2.82. The number of methoxy groups -OCH3 is 1. The van der Waals surface area contributed by atoms with Crippen molar-refractivity contribution in [3.63, 3.8) is 0 Å². The molecule has 2 rings (SSSR count). The first-order valence-electron chi connectivity index (χ1n) is 5.78. The zero-order valence-electron chi connectivity index (χ0n) is 10.6. The fourth-order valence-electron chi connectivity index (χ4n) is 1.83. The minimum atomic E-state index is -0.680. The highest BCUT2D eigenvalue weighted by molar-refractivity contribution is 7.82. The van der Waals surface area contributed by atoms with Gasteiger partial charge in [0.1, 0.15) is 11.5 Å². The molecule has 2 N–H and O–H groups in total. The fourth-order valence-corrected chi connectivity index (χ4v) is 1.98. The Morgan fingerprint density at radius 1 is 1.58 bits per heavy atom. The van der Waals surface area contributed by atoms with Crippen LogP contribution in [0, 0.1) is 0 Å². The molecule has 19 heavy (non-hydrogen) atoms. The van der Waals surface area contributed by atoms with Crippen molar-refractivity contribution >= 4 is 30.4 Å². The lowest BCUT2D eigenvalue weighted by Crippen LogP contribution is -2.37. The van der Waals surface area contributed by atoms with E-state index in [0.29, 0.717) is 24.7 Å². The van der Waals surface area contributed by atoms with Crippen molar-refractivity contribution in [1.29, 1.82) is 0 Å². The number of ether oxygens (including phenoxy) is 2. The normalized spacial score (nSPS) is 15.2. The Morgan fingerprint density at radius 3 is 2.84 bits per heavy atom. The number of thiol groups is 1. The van der Waals surface area contributed by atoms with Gasteiger partial charge in [-0.05, 0) is 0 Å². The Hall–Kier alpha value is -1.67. The van der Waals surface area contributed by atoms with Crippen molar-refractivity contribution in [2.75, 3.05) is 42.6 Å². The van der Waals surface area contributed by atoms with Crippen LogP contribution in [-0.2, 0) is 4.74 Å². The molecule has 104 valence electrons. The highest BCUT2D eigenvalue weighted by atomic mass is 32.1. The van der Waals surface area contributed by atoms with Gasteiger partial charge in [-0.2, -0.15) is 0 Å². The maximum absolute atomic E-state index is 11.2. The molecule has 1 aromatic heterocycles. The lowest BCUT2D eigenvalue weighted by atomic mass is 10.3. The van der Waals surface area contributed by atoms with E-state index in [4.69, 9.17) is 15.2 Å². The standard InChI is InChI=1S/C11H16N4O3S/c1-17-9-7-13-10(14-2-4-18-5-3-14)6-8(9)15(19)11(12)16/h6-7,19H,2-5H2,1H3,(H2,12,16). The van der Waals surface area contributed by atoms with Crippen molar-refractivity contribution in [3.8, 4) is 5.75 Å². The molecule has 1 aliphatic heterocycles. The Kier molecular flexibility index (Phi) is 4.33. The summed E-state index contributed by atoms with van der Waals surface area (Å²) in [7, 11) is 1.50. The van der Waals surface area contributed by atoms with E-state index in [2.05, 4.69) is 22.7 Å². The minimum Gasteiger partial charge on any atom is -0.493 e. The SMILES string of the molecule is COc1cnc(N2CCOCC2)cc1N(S)C(N)=O. The number of morpholine rings is 1. The molecule has 1 aliphatic rings. The number of aromatic nitrogens is 1. The molecule has 0 aromatic carbocycles. The van der Waals surface area contributed by atoms with E-state index in [1.807, 2.05) is 0 Å². The van der Waals surface area contributed by atoms with Gasteiger partial charge < -0.3 is 20.1 Å². The highest BCUT2D eigenvalue weighted by Gasteiger charge is 2.19. The summed E-state index contributed by atoms with van der Waals surface area (Å²) >= 11 is 4.06. The van der Waals surface area contributed by atoms with Crippen molar-refractivity contribution < 1.29 is 14.3 Å². The molecule has 7 nitrogen and oxygen atoms in total. The summed E-state index contributed by atoms with van der Waals surface area (Å²) in [4.78, 5) is 17.6. The number of nitrogens with two attached hydrogens (primary N) is 1. The number of carbonyl (C=O) groups excluding carboxylic acids is 1. The zero-order chi connectivity index (χ0) is 13.8. The largest absolute Gasteiger partial charge is 0.493 e. The third-order valence-corrected chi connectivity index (χ3v) is 3.24. The van der Waals surface area contributed by atoms with Gasteiger partial charge in [-0.3, -0.25) is 0 Å². The summed E-state index contributed by atoms with van der Waals surface area (Å²) in [5, 5.41) is 0. The second kappa shape index (κ2) is 5.98. The zero-order valence-corrected chi connectivity index (χ0v) is 11.5. The van der Waals surface area contributed by atoms with Gasteiger partial charge in [0, 0.05) is 19.2 Å². The van der Waals surface area contributed by atoms with Gasteiger partial charge in [-0.15, -0.1) is 0 Å². The summed E-state index contributed by atoms with van der Waals surface area (Å²) in [6.45, 7) is 2.82. The van der Waals surface area contributed by atoms with Crippen molar-refractivity contribution in [1.82, 2.24) is 4.98 Å².